The summed E-state index contributed by atoms with van der Waals surface area (Å²) in [7, 11) is 0. The molecule has 3 heterocycles. The van der Waals surface area contributed by atoms with Gasteiger partial charge in [-0.3, -0.25) is 4.98 Å². The molecule has 7 heteroatoms. The Morgan fingerprint density at radius 3 is 2.47 bits per heavy atom. The van der Waals surface area contributed by atoms with Crippen molar-refractivity contribution in [2.24, 2.45) is 11.8 Å². The Morgan fingerprint density at radius 2 is 1.70 bits per heavy atom. The molecule has 5 nitrogen and oxygen atoms in total. The van der Waals surface area contributed by atoms with Crippen LogP contribution in [0.25, 0.3) is 11.1 Å². The molecule has 2 aromatic rings. The summed E-state index contributed by atoms with van der Waals surface area (Å²) in [6.07, 6.45) is 10.2. The van der Waals surface area contributed by atoms with Crippen LogP contribution in [0.5, 0.6) is 0 Å². The van der Waals surface area contributed by atoms with Gasteiger partial charge in [0, 0.05) is 42.8 Å². The number of rotatable bonds is 6. The van der Waals surface area contributed by atoms with Crippen molar-refractivity contribution in [2.75, 3.05) is 25.1 Å². The zero-order valence-corrected chi connectivity index (χ0v) is 18.6. The standard InChI is InChI=1S/C23H29Cl2N3O2/c24-22-14-27-17(9-15-1-3-19(29)4-2-15)10-20(22)21-11-18(13-28-23(21)25)26-12-16-5-7-30-8-6-16/h10-11,13-16,19,26,29H,1-9,12H2. The second-order valence-corrected chi connectivity index (χ2v) is 9.30. The van der Waals surface area contributed by atoms with Gasteiger partial charge in [0.05, 0.1) is 23.0 Å². The van der Waals surface area contributed by atoms with Gasteiger partial charge in [-0.05, 0) is 68.9 Å². The summed E-state index contributed by atoms with van der Waals surface area (Å²) >= 11 is 12.9. The van der Waals surface area contributed by atoms with Crippen LogP contribution in [0.1, 0.15) is 44.2 Å². The van der Waals surface area contributed by atoms with Crippen molar-refractivity contribution < 1.29 is 9.84 Å². The summed E-state index contributed by atoms with van der Waals surface area (Å²) in [5.41, 5.74) is 3.63. The number of ether oxygens (including phenoxy) is 1. The quantitative estimate of drug-likeness (QED) is 0.579. The van der Waals surface area contributed by atoms with Gasteiger partial charge in [0.1, 0.15) is 5.15 Å². The van der Waals surface area contributed by atoms with E-state index in [-0.39, 0.29) is 6.10 Å². The van der Waals surface area contributed by atoms with Gasteiger partial charge in [0.25, 0.3) is 0 Å². The van der Waals surface area contributed by atoms with Crippen LogP contribution >= 0.6 is 23.2 Å². The van der Waals surface area contributed by atoms with Gasteiger partial charge in [0.2, 0.25) is 0 Å². The minimum atomic E-state index is -0.142. The first-order chi connectivity index (χ1) is 14.6. The largest absolute Gasteiger partial charge is 0.393 e. The molecule has 2 aliphatic rings. The van der Waals surface area contributed by atoms with E-state index >= 15 is 0 Å². The van der Waals surface area contributed by atoms with Gasteiger partial charge in [-0.2, -0.15) is 0 Å². The number of pyridine rings is 2. The number of hydrogen-bond acceptors (Lipinski definition) is 5. The summed E-state index contributed by atoms with van der Waals surface area (Å²) in [6.45, 7) is 2.58. The first-order valence-corrected chi connectivity index (χ1v) is 11.6. The Hall–Kier alpha value is -1.40. The molecule has 2 N–H and O–H groups in total. The lowest BCUT2D eigenvalue weighted by molar-refractivity contribution is 0.0699. The van der Waals surface area contributed by atoms with Crippen LogP contribution < -0.4 is 5.32 Å². The monoisotopic (exact) mass is 449 g/mol. The molecule has 1 saturated heterocycles. The molecule has 0 radical (unpaired) electrons. The van der Waals surface area contributed by atoms with Gasteiger partial charge in [-0.1, -0.05) is 23.2 Å². The highest BCUT2D eigenvalue weighted by Crippen LogP contribution is 2.35. The van der Waals surface area contributed by atoms with Crippen molar-refractivity contribution in [3.63, 3.8) is 0 Å². The first-order valence-electron chi connectivity index (χ1n) is 10.9. The zero-order chi connectivity index (χ0) is 20.9. The molecule has 4 rings (SSSR count). The molecule has 0 unspecified atom stereocenters. The summed E-state index contributed by atoms with van der Waals surface area (Å²) in [4.78, 5) is 8.93. The topological polar surface area (TPSA) is 67.3 Å². The van der Waals surface area contributed by atoms with Crippen molar-refractivity contribution in [1.82, 2.24) is 9.97 Å². The van der Waals surface area contributed by atoms with E-state index in [2.05, 4.69) is 15.3 Å². The molecule has 0 bridgehead atoms. The van der Waals surface area contributed by atoms with E-state index < -0.39 is 0 Å². The van der Waals surface area contributed by atoms with Gasteiger partial charge in [-0.15, -0.1) is 0 Å². The number of hydrogen-bond donors (Lipinski definition) is 2. The van der Waals surface area contributed by atoms with Crippen LogP contribution in [0.4, 0.5) is 5.69 Å². The Labute approximate surface area is 188 Å². The molecule has 2 aromatic heterocycles. The van der Waals surface area contributed by atoms with Gasteiger partial charge in [0.15, 0.2) is 0 Å². The highest BCUT2D eigenvalue weighted by Gasteiger charge is 2.21. The van der Waals surface area contributed by atoms with E-state index in [0.717, 1.165) is 87.2 Å². The number of nitrogens with one attached hydrogen (secondary N) is 1. The molecule has 1 aliphatic carbocycles. The highest BCUT2D eigenvalue weighted by molar-refractivity contribution is 6.35. The van der Waals surface area contributed by atoms with Crippen LogP contribution in [0, 0.1) is 11.8 Å². The minimum Gasteiger partial charge on any atom is -0.393 e. The fourth-order valence-electron chi connectivity index (χ4n) is 4.39. The van der Waals surface area contributed by atoms with Crippen LogP contribution in [-0.2, 0) is 11.2 Å². The van der Waals surface area contributed by atoms with Crippen LogP contribution in [0.2, 0.25) is 10.2 Å². The molecule has 1 saturated carbocycles. The predicted molar refractivity (Wildman–Crippen MR) is 121 cm³/mol. The van der Waals surface area contributed by atoms with E-state index in [1.54, 1.807) is 12.4 Å². The zero-order valence-electron chi connectivity index (χ0n) is 17.1. The smallest absolute Gasteiger partial charge is 0.137 e. The summed E-state index contributed by atoms with van der Waals surface area (Å²) in [5.74, 6) is 1.17. The Balaban J connectivity index is 1.49. The molecule has 0 aromatic carbocycles. The number of nitrogens with zero attached hydrogens (tertiary/aromatic N) is 2. The number of halogens is 2. The second-order valence-electron chi connectivity index (χ2n) is 8.53. The predicted octanol–water partition coefficient (Wildman–Crippen LogP) is 5.38. The minimum absolute atomic E-state index is 0.142. The maximum atomic E-state index is 9.74. The van der Waals surface area contributed by atoms with Crippen LogP contribution in [0.15, 0.2) is 24.5 Å². The van der Waals surface area contributed by atoms with Crippen molar-refractivity contribution in [1.29, 1.82) is 0 Å². The second kappa shape index (κ2) is 10.3. The van der Waals surface area contributed by atoms with Crippen molar-refractivity contribution in [3.05, 3.63) is 40.4 Å². The Bertz CT molecular complexity index is 850. The third-order valence-corrected chi connectivity index (χ3v) is 6.89. The van der Waals surface area contributed by atoms with E-state index in [9.17, 15) is 5.11 Å². The molecule has 0 atom stereocenters. The number of anilines is 1. The van der Waals surface area contributed by atoms with Crippen molar-refractivity contribution >= 4 is 28.9 Å². The average molecular weight is 450 g/mol. The molecule has 0 amide bonds. The molecular formula is C23H29Cl2N3O2. The fraction of sp³-hybridized carbons (Fsp3) is 0.565. The van der Waals surface area contributed by atoms with E-state index in [4.69, 9.17) is 27.9 Å². The normalized spacial score (nSPS) is 22.8. The van der Waals surface area contributed by atoms with Gasteiger partial charge < -0.3 is 15.2 Å². The Kier molecular flexibility index (Phi) is 7.47. The number of aliphatic hydroxyl groups is 1. The third kappa shape index (κ3) is 5.64. The molecule has 162 valence electrons. The first kappa shape index (κ1) is 21.8. The summed E-state index contributed by atoms with van der Waals surface area (Å²) in [5, 5.41) is 14.2. The van der Waals surface area contributed by atoms with Gasteiger partial charge >= 0.3 is 0 Å². The number of aliphatic hydroxyl groups excluding tert-OH is 1. The van der Waals surface area contributed by atoms with E-state index in [0.29, 0.717) is 22.0 Å². The van der Waals surface area contributed by atoms with Crippen LogP contribution in [0.3, 0.4) is 0 Å². The number of aromatic nitrogens is 2. The summed E-state index contributed by atoms with van der Waals surface area (Å²) < 4.78 is 5.44. The lowest BCUT2D eigenvalue weighted by Gasteiger charge is -2.25. The fourth-order valence-corrected chi connectivity index (χ4v) is 4.80. The SMILES string of the molecule is OC1CCC(Cc2cc(-c3cc(NCC4CCOCC4)cnc3Cl)c(Cl)cn2)CC1. The third-order valence-electron chi connectivity index (χ3n) is 6.29. The van der Waals surface area contributed by atoms with Crippen molar-refractivity contribution in [2.45, 2.75) is 51.0 Å². The molecule has 0 spiro atoms. The highest BCUT2D eigenvalue weighted by atomic mass is 35.5. The molecular weight excluding hydrogens is 421 g/mol. The lowest BCUT2D eigenvalue weighted by Crippen LogP contribution is -2.22. The maximum absolute atomic E-state index is 9.74. The van der Waals surface area contributed by atoms with Gasteiger partial charge in [-0.25, -0.2) is 4.98 Å². The molecule has 1 aliphatic heterocycles. The van der Waals surface area contributed by atoms with E-state index in [1.807, 2.05) is 12.1 Å². The lowest BCUT2D eigenvalue weighted by atomic mass is 9.84. The average Bonchev–Trinajstić information content (AvgIpc) is 2.77. The van der Waals surface area contributed by atoms with Crippen molar-refractivity contribution in [3.8, 4) is 11.1 Å². The maximum Gasteiger partial charge on any atom is 0.137 e. The van der Waals surface area contributed by atoms with Crippen LogP contribution in [-0.4, -0.2) is 40.9 Å². The Morgan fingerprint density at radius 1 is 0.933 bits per heavy atom. The molecule has 30 heavy (non-hydrogen) atoms. The summed E-state index contributed by atoms with van der Waals surface area (Å²) in [6, 6.07) is 4.06. The molecule has 2 fully saturated rings. The van der Waals surface area contributed by atoms with E-state index in [1.165, 1.54) is 0 Å².